The average molecular weight is 359 g/mol. The van der Waals surface area contributed by atoms with Gasteiger partial charge in [-0.2, -0.15) is 0 Å². The number of amides is 1. The first-order valence-electron chi connectivity index (χ1n) is 8.15. The summed E-state index contributed by atoms with van der Waals surface area (Å²) in [6.07, 6.45) is 2.05. The third-order valence-corrected chi connectivity index (χ3v) is 7.18. The first-order chi connectivity index (χ1) is 10.8. The third kappa shape index (κ3) is 5.02. The Bertz CT molecular complexity index is 632. The summed E-state index contributed by atoms with van der Waals surface area (Å²) >= 11 is 1.76. The predicted octanol–water partition coefficient (Wildman–Crippen LogP) is 2.17. The number of hydrogen-bond donors (Lipinski definition) is 1. The molecule has 0 aliphatic carbocycles. The highest BCUT2D eigenvalue weighted by Gasteiger charge is 2.30. The number of carbonyl (C=O) groups excluding carboxylic acids is 1. The fraction of sp³-hybridized carbons (Fsp3) is 0.688. The SMILES string of the molecule is CCS(=O)(=O)N1CCC(C(=O)NC(C)Cc2ccc(C)s2)CC1. The normalized spacial score (nSPS) is 18.7. The first-order valence-corrected chi connectivity index (χ1v) is 10.6. The number of sulfonamides is 1. The molecule has 0 bridgehead atoms. The van der Waals surface area contributed by atoms with Crippen LogP contribution in [0, 0.1) is 12.8 Å². The smallest absolute Gasteiger partial charge is 0.223 e. The number of nitrogens with one attached hydrogen (secondary N) is 1. The van der Waals surface area contributed by atoms with E-state index in [1.54, 1.807) is 18.3 Å². The maximum Gasteiger partial charge on any atom is 0.223 e. The number of hydrogen-bond acceptors (Lipinski definition) is 4. The second-order valence-corrected chi connectivity index (χ2v) is 9.83. The van der Waals surface area contributed by atoms with Gasteiger partial charge in [0, 0.05) is 41.2 Å². The maximum atomic E-state index is 12.4. The summed E-state index contributed by atoms with van der Waals surface area (Å²) in [5.74, 6) is 0.103. The molecule has 5 nitrogen and oxygen atoms in total. The number of aryl methyl sites for hydroxylation is 1. The molecular weight excluding hydrogens is 332 g/mol. The molecule has 0 radical (unpaired) electrons. The zero-order valence-corrected chi connectivity index (χ0v) is 15.7. The Morgan fingerprint density at radius 1 is 1.39 bits per heavy atom. The van der Waals surface area contributed by atoms with Gasteiger partial charge in [0.05, 0.1) is 5.75 Å². The molecule has 1 amide bonds. The molecule has 2 rings (SSSR count). The standard InChI is InChI=1S/C16H26N2O3S2/c1-4-23(20,21)18-9-7-14(8-10-18)16(19)17-12(2)11-15-6-5-13(3)22-15/h5-6,12,14H,4,7-11H2,1-3H3,(H,17,19). The van der Waals surface area contributed by atoms with Crippen LogP contribution in [0.1, 0.15) is 36.4 Å². The van der Waals surface area contributed by atoms with E-state index in [2.05, 4.69) is 24.4 Å². The van der Waals surface area contributed by atoms with Crippen molar-refractivity contribution in [2.75, 3.05) is 18.8 Å². The van der Waals surface area contributed by atoms with Gasteiger partial charge in [-0.1, -0.05) is 0 Å². The van der Waals surface area contributed by atoms with Gasteiger partial charge < -0.3 is 5.32 Å². The van der Waals surface area contributed by atoms with Gasteiger partial charge in [-0.3, -0.25) is 4.79 Å². The quantitative estimate of drug-likeness (QED) is 0.847. The minimum Gasteiger partial charge on any atom is -0.353 e. The molecule has 1 N–H and O–H groups in total. The lowest BCUT2D eigenvalue weighted by molar-refractivity contribution is -0.126. The van der Waals surface area contributed by atoms with Crippen LogP contribution in [0.25, 0.3) is 0 Å². The maximum absolute atomic E-state index is 12.4. The van der Waals surface area contributed by atoms with E-state index in [1.165, 1.54) is 14.1 Å². The Kier molecular flexibility index (Phi) is 6.22. The fourth-order valence-corrected chi connectivity index (χ4v) is 5.04. The molecule has 1 aliphatic heterocycles. The van der Waals surface area contributed by atoms with Gasteiger partial charge in [-0.25, -0.2) is 12.7 Å². The van der Waals surface area contributed by atoms with Crippen molar-refractivity contribution in [3.05, 3.63) is 21.9 Å². The van der Waals surface area contributed by atoms with Crippen molar-refractivity contribution in [2.45, 2.75) is 46.1 Å². The van der Waals surface area contributed by atoms with Crippen molar-refractivity contribution in [3.8, 4) is 0 Å². The minimum absolute atomic E-state index is 0.0549. The van der Waals surface area contributed by atoms with E-state index < -0.39 is 10.0 Å². The molecule has 7 heteroatoms. The molecule has 1 unspecified atom stereocenters. The van der Waals surface area contributed by atoms with Gasteiger partial charge in [0.15, 0.2) is 0 Å². The van der Waals surface area contributed by atoms with Crippen molar-refractivity contribution < 1.29 is 13.2 Å². The summed E-state index contributed by atoms with van der Waals surface area (Å²) in [5, 5.41) is 3.07. The Labute approximate surface area is 143 Å². The Hall–Kier alpha value is -0.920. The van der Waals surface area contributed by atoms with Gasteiger partial charge in [0.1, 0.15) is 0 Å². The molecule has 1 fully saturated rings. The zero-order valence-electron chi connectivity index (χ0n) is 14.0. The van der Waals surface area contributed by atoms with Crippen molar-refractivity contribution in [1.82, 2.24) is 9.62 Å². The van der Waals surface area contributed by atoms with Crippen molar-refractivity contribution >= 4 is 27.3 Å². The molecule has 2 heterocycles. The third-order valence-electron chi connectivity index (χ3n) is 4.27. The van der Waals surface area contributed by atoms with Crippen LogP contribution in [0.4, 0.5) is 0 Å². The molecule has 0 saturated carbocycles. The summed E-state index contributed by atoms with van der Waals surface area (Å²) in [7, 11) is -3.13. The van der Waals surface area contributed by atoms with Crippen LogP contribution in [0.15, 0.2) is 12.1 Å². The molecule has 1 aromatic heterocycles. The van der Waals surface area contributed by atoms with Crippen molar-refractivity contribution in [2.24, 2.45) is 5.92 Å². The second kappa shape index (κ2) is 7.77. The monoisotopic (exact) mass is 358 g/mol. The van der Waals surface area contributed by atoms with Gasteiger partial charge in [0.25, 0.3) is 0 Å². The highest BCUT2D eigenvalue weighted by molar-refractivity contribution is 7.89. The van der Waals surface area contributed by atoms with Crippen LogP contribution in [-0.4, -0.2) is 43.5 Å². The number of rotatable bonds is 6. The molecule has 1 atom stereocenters. The van der Waals surface area contributed by atoms with E-state index >= 15 is 0 Å². The van der Waals surface area contributed by atoms with E-state index in [0.717, 1.165) is 6.42 Å². The summed E-state index contributed by atoms with van der Waals surface area (Å²) in [5.41, 5.74) is 0. The largest absolute Gasteiger partial charge is 0.353 e. The van der Waals surface area contributed by atoms with E-state index in [0.29, 0.717) is 25.9 Å². The Morgan fingerprint density at radius 3 is 2.57 bits per heavy atom. The van der Waals surface area contributed by atoms with E-state index in [-0.39, 0.29) is 23.6 Å². The van der Waals surface area contributed by atoms with E-state index in [4.69, 9.17) is 0 Å². The highest BCUT2D eigenvalue weighted by atomic mass is 32.2. The lowest BCUT2D eigenvalue weighted by atomic mass is 9.97. The summed E-state index contributed by atoms with van der Waals surface area (Å²) in [4.78, 5) is 14.9. The molecule has 1 aliphatic rings. The number of carbonyl (C=O) groups is 1. The molecule has 1 aromatic rings. The average Bonchev–Trinajstić information content (AvgIpc) is 2.92. The molecule has 1 saturated heterocycles. The van der Waals surface area contributed by atoms with Gasteiger partial charge >= 0.3 is 0 Å². The number of piperidine rings is 1. The van der Waals surface area contributed by atoms with E-state index in [9.17, 15) is 13.2 Å². The highest BCUT2D eigenvalue weighted by Crippen LogP contribution is 2.21. The van der Waals surface area contributed by atoms with Crippen LogP contribution < -0.4 is 5.32 Å². The summed E-state index contributed by atoms with van der Waals surface area (Å²) in [6.45, 7) is 6.65. The van der Waals surface area contributed by atoms with Crippen molar-refractivity contribution in [3.63, 3.8) is 0 Å². The van der Waals surface area contributed by atoms with E-state index in [1.807, 2.05) is 6.92 Å². The summed E-state index contributed by atoms with van der Waals surface area (Å²) in [6, 6.07) is 4.30. The molecule has 0 spiro atoms. The fourth-order valence-electron chi connectivity index (χ4n) is 2.89. The molecular formula is C16H26N2O3S2. The van der Waals surface area contributed by atoms with Crippen LogP contribution in [-0.2, 0) is 21.2 Å². The van der Waals surface area contributed by atoms with Crippen LogP contribution in [0.3, 0.4) is 0 Å². The second-order valence-electron chi connectivity index (χ2n) is 6.20. The van der Waals surface area contributed by atoms with Crippen LogP contribution in [0.5, 0.6) is 0 Å². The Balaban J connectivity index is 1.81. The molecule has 0 aromatic carbocycles. The summed E-state index contributed by atoms with van der Waals surface area (Å²) < 4.78 is 25.2. The first kappa shape index (κ1) is 18.4. The van der Waals surface area contributed by atoms with Crippen LogP contribution in [0.2, 0.25) is 0 Å². The zero-order chi connectivity index (χ0) is 17.0. The van der Waals surface area contributed by atoms with Crippen molar-refractivity contribution in [1.29, 1.82) is 0 Å². The van der Waals surface area contributed by atoms with Gasteiger partial charge in [-0.15, -0.1) is 11.3 Å². The van der Waals surface area contributed by atoms with Gasteiger partial charge in [-0.05, 0) is 45.7 Å². The molecule has 130 valence electrons. The minimum atomic E-state index is -3.13. The molecule has 23 heavy (non-hydrogen) atoms. The predicted molar refractivity (Wildman–Crippen MR) is 94.1 cm³/mol. The Morgan fingerprint density at radius 2 is 2.04 bits per heavy atom. The van der Waals surface area contributed by atoms with Crippen LogP contribution >= 0.6 is 11.3 Å². The number of thiophene rings is 1. The lowest BCUT2D eigenvalue weighted by Gasteiger charge is -2.30. The van der Waals surface area contributed by atoms with Gasteiger partial charge in [0.2, 0.25) is 15.9 Å². The topological polar surface area (TPSA) is 66.5 Å². The lowest BCUT2D eigenvalue weighted by Crippen LogP contribution is -2.45. The number of nitrogens with zero attached hydrogens (tertiary/aromatic N) is 1.